The number of anilines is 1. The van der Waals surface area contributed by atoms with Gasteiger partial charge in [-0.2, -0.15) is 0 Å². The van der Waals surface area contributed by atoms with Crippen LogP contribution in [0, 0.1) is 0 Å². The van der Waals surface area contributed by atoms with Crippen LogP contribution in [0.25, 0.3) is 0 Å². The predicted octanol–water partition coefficient (Wildman–Crippen LogP) is 2.63. The van der Waals surface area contributed by atoms with Crippen LogP contribution in [-0.2, 0) is 9.47 Å². The topological polar surface area (TPSA) is 87.9 Å². The fourth-order valence-electron chi connectivity index (χ4n) is 1.84. The Bertz CT molecular complexity index is 711. The molecule has 0 amide bonds. The van der Waals surface area contributed by atoms with E-state index >= 15 is 0 Å². The summed E-state index contributed by atoms with van der Waals surface area (Å²) in [5.74, 6) is -0.372. The van der Waals surface area contributed by atoms with E-state index in [2.05, 4.69) is 4.74 Å². The average Bonchev–Trinajstić information content (AvgIpc) is 2.55. The van der Waals surface area contributed by atoms with Gasteiger partial charge in [0.25, 0.3) is 0 Å². The summed E-state index contributed by atoms with van der Waals surface area (Å²) in [5.41, 5.74) is 6.63. The molecule has 0 atom stereocenters. The first-order chi connectivity index (χ1) is 10.5. The summed E-state index contributed by atoms with van der Waals surface area (Å²) in [6, 6.07) is 11.1. The van der Waals surface area contributed by atoms with Gasteiger partial charge in [-0.05, 0) is 36.4 Å². The highest BCUT2D eigenvalue weighted by Gasteiger charge is 2.15. The molecule has 0 fully saturated rings. The van der Waals surface area contributed by atoms with Gasteiger partial charge in [-0.25, -0.2) is 9.59 Å². The zero-order valence-electron chi connectivity index (χ0n) is 12.2. The highest BCUT2D eigenvalue weighted by Crippen LogP contribution is 2.28. The minimum absolute atomic E-state index is 0.200. The Morgan fingerprint density at radius 2 is 1.68 bits per heavy atom. The summed E-state index contributed by atoms with van der Waals surface area (Å²) in [6.07, 6.45) is 0. The van der Waals surface area contributed by atoms with E-state index in [0.29, 0.717) is 17.0 Å². The molecule has 0 aliphatic carbocycles. The third-order valence-electron chi connectivity index (χ3n) is 2.89. The van der Waals surface area contributed by atoms with Crippen LogP contribution in [0.2, 0.25) is 0 Å². The Kier molecular flexibility index (Phi) is 4.63. The number of hydrogen-bond donors (Lipinski definition) is 1. The SMILES string of the molecule is COC(=O)c1cccc(Oc2ccc(N)cc2C(=O)OC)c1. The largest absolute Gasteiger partial charge is 0.465 e. The Morgan fingerprint density at radius 1 is 0.955 bits per heavy atom. The van der Waals surface area contributed by atoms with Gasteiger partial charge in [0.1, 0.15) is 17.1 Å². The molecule has 114 valence electrons. The number of esters is 2. The van der Waals surface area contributed by atoms with E-state index in [1.165, 1.54) is 26.4 Å². The second-order valence-electron chi connectivity index (χ2n) is 4.37. The Labute approximate surface area is 127 Å². The van der Waals surface area contributed by atoms with E-state index in [1.807, 2.05) is 0 Å². The number of nitrogen functional groups attached to an aromatic ring is 1. The summed E-state index contributed by atoms with van der Waals surface area (Å²) in [7, 11) is 2.57. The Balaban J connectivity index is 2.35. The molecule has 0 aliphatic rings. The summed E-state index contributed by atoms with van der Waals surface area (Å²) in [5, 5.41) is 0. The molecule has 0 saturated heterocycles. The van der Waals surface area contributed by atoms with Crippen molar-refractivity contribution in [1.82, 2.24) is 0 Å². The van der Waals surface area contributed by atoms with Crippen molar-refractivity contribution >= 4 is 17.6 Å². The van der Waals surface area contributed by atoms with E-state index in [9.17, 15) is 9.59 Å². The van der Waals surface area contributed by atoms with E-state index in [-0.39, 0.29) is 11.3 Å². The normalized spacial score (nSPS) is 9.91. The highest BCUT2D eigenvalue weighted by molar-refractivity contribution is 5.93. The molecule has 2 aromatic rings. The number of carbonyl (C=O) groups is 2. The van der Waals surface area contributed by atoms with Gasteiger partial charge in [-0.3, -0.25) is 0 Å². The fourth-order valence-corrected chi connectivity index (χ4v) is 1.84. The maximum Gasteiger partial charge on any atom is 0.341 e. The third kappa shape index (κ3) is 3.35. The summed E-state index contributed by atoms with van der Waals surface area (Å²) in [6.45, 7) is 0. The number of rotatable bonds is 4. The average molecular weight is 301 g/mol. The molecule has 0 saturated carbocycles. The van der Waals surface area contributed by atoms with Gasteiger partial charge in [0.15, 0.2) is 0 Å². The zero-order valence-corrected chi connectivity index (χ0v) is 12.2. The Hall–Kier alpha value is -3.02. The molecule has 6 nitrogen and oxygen atoms in total. The molecule has 6 heteroatoms. The molecule has 2 N–H and O–H groups in total. The van der Waals surface area contributed by atoms with Gasteiger partial charge in [-0.15, -0.1) is 0 Å². The first-order valence-corrected chi connectivity index (χ1v) is 6.39. The second-order valence-corrected chi connectivity index (χ2v) is 4.37. The molecule has 0 aliphatic heterocycles. The lowest BCUT2D eigenvalue weighted by atomic mass is 10.1. The molecule has 0 spiro atoms. The van der Waals surface area contributed by atoms with Crippen molar-refractivity contribution < 1.29 is 23.8 Å². The van der Waals surface area contributed by atoms with Crippen LogP contribution in [0.15, 0.2) is 42.5 Å². The quantitative estimate of drug-likeness (QED) is 0.690. The standard InChI is InChI=1S/C16H15NO5/c1-20-15(18)10-4-3-5-12(8-10)22-14-7-6-11(17)9-13(14)16(19)21-2/h3-9H,17H2,1-2H3. The lowest BCUT2D eigenvalue weighted by Gasteiger charge is -2.11. The molecule has 0 unspecified atom stereocenters. The number of nitrogens with two attached hydrogens (primary N) is 1. The van der Waals surface area contributed by atoms with Gasteiger partial charge >= 0.3 is 11.9 Å². The smallest absolute Gasteiger partial charge is 0.341 e. The number of carbonyl (C=O) groups excluding carboxylic acids is 2. The number of ether oxygens (including phenoxy) is 3. The van der Waals surface area contributed by atoms with E-state index < -0.39 is 11.9 Å². The van der Waals surface area contributed by atoms with Gasteiger partial charge in [-0.1, -0.05) is 6.07 Å². The third-order valence-corrected chi connectivity index (χ3v) is 2.89. The van der Waals surface area contributed by atoms with Crippen molar-refractivity contribution in [3.63, 3.8) is 0 Å². The number of methoxy groups -OCH3 is 2. The van der Waals surface area contributed by atoms with Crippen LogP contribution in [0.4, 0.5) is 5.69 Å². The molecular formula is C16H15NO5. The molecule has 0 heterocycles. The van der Waals surface area contributed by atoms with Gasteiger partial charge < -0.3 is 19.9 Å². The monoisotopic (exact) mass is 301 g/mol. The minimum atomic E-state index is -0.563. The molecular weight excluding hydrogens is 286 g/mol. The van der Waals surface area contributed by atoms with Crippen molar-refractivity contribution in [3.05, 3.63) is 53.6 Å². The molecule has 0 radical (unpaired) electrons. The molecule has 0 bridgehead atoms. The van der Waals surface area contributed by atoms with Crippen LogP contribution in [0.1, 0.15) is 20.7 Å². The Morgan fingerprint density at radius 3 is 2.36 bits per heavy atom. The van der Waals surface area contributed by atoms with E-state index in [1.54, 1.807) is 30.3 Å². The molecule has 0 aromatic heterocycles. The van der Waals surface area contributed by atoms with Gasteiger partial charge in [0.05, 0.1) is 19.8 Å². The first-order valence-electron chi connectivity index (χ1n) is 6.39. The number of benzene rings is 2. The zero-order chi connectivity index (χ0) is 16.1. The van der Waals surface area contributed by atoms with E-state index in [4.69, 9.17) is 15.2 Å². The predicted molar refractivity (Wildman–Crippen MR) is 80.0 cm³/mol. The van der Waals surface area contributed by atoms with Gasteiger partial charge in [0.2, 0.25) is 0 Å². The van der Waals surface area contributed by atoms with Crippen LogP contribution >= 0.6 is 0 Å². The van der Waals surface area contributed by atoms with E-state index in [0.717, 1.165) is 0 Å². The van der Waals surface area contributed by atoms with Crippen molar-refractivity contribution in [3.8, 4) is 11.5 Å². The maximum atomic E-state index is 11.8. The van der Waals surface area contributed by atoms with Crippen molar-refractivity contribution in [2.24, 2.45) is 0 Å². The summed E-state index contributed by atoms with van der Waals surface area (Å²) >= 11 is 0. The van der Waals surface area contributed by atoms with Crippen LogP contribution in [0.3, 0.4) is 0 Å². The van der Waals surface area contributed by atoms with Crippen LogP contribution < -0.4 is 10.5 Å². The summed E-state index contributed by atoms with van der Waals surface area (Å²) < 4.78 is 15.0. The minimum Gasteiger partial charge on any atom is -0.465 e. The van der Waals surface area contributed by atoms with Crippen molar-refractivity contribution in [2.45, 2.75) is 0 Å². The fraction of sp³-hybridized carbons (Fsp3) is 0.125. The molecule has 22 heavy (non-hydrogen) atoms. The van der Waals surface area contributed by atoms with Crippen molar-refractivity contribution in [2.75, 3.05) is 20.0 Å². The first kappa shape index (κ1) is 15.4. The highest BCUT2D eigenvalue weighted by atomic mass is 16.5. The molecule has 2 aromatic carbocycles. The molecule has 2 rings (SSSR count). The lowest BCUT2D eigenvalue weighted by molar-refractivity contribution is 0.0589. The second kappa shape index (κ2) is 6.62. The van der Waals surface area contributed by atoms with Gasteiger partial charge in [0, 0.05) is 5.69 Å². The van der Waals surface area contributed by atoms with Crippen LogP contribution in [0.5, 0.6) is 11.5 Å². The summed E-state index contributed by atoms with van der Waals surface area (Å²) in [4.78, 5) is 23.3. The maximum absolute atomic E-state index is 11.8. The van der Waals surface area contributed by atoms with Crippen LogP contribution in [-0.4, -0.2) is 26.2 Å². The lowest BCUT2D eigenvalue weighted by Crippen LogP contribution is -2.05. The van der Waals surface area contributed by atoms with Crippen molar-refractivity contribution in [1.29, 1.82) is 0 Å². The number of hydrogen-bond acceptors (Lipinski definition) is 6.